The summed E-state index contributed by atoms with van der Waals surface area (Å²) in [6.07, 6.45) is 0. The highest BCUT2D eigenvalue weighted by Gasteiger charge is 2.26. The summed E-state index contributed by atoms with van der Waals surface area (Å²) in [7, 11) is 0. The first-order valence-electron chi connectivity index (χ1n) is 9.38. The van der Waals surface area contributed by atoms with E-state index in [0.29, 0.717) is 39.1 Å². The molecule has 0 fully saturated rings. The highest BCUT2D eigenvalue weighted by atomic mass is 35.5. The summed E-state index contributed by atoms with van der Waals surface area (Å²) < 4.78 is 7.08. The van der Waals surface area contributed by atoms with Crippen molar-refractivity contribution in [1.29, 1.82) is 0 Å². The van der Waals surface area contributed by atoms with Gasteiger partial charge in [-0.3, -0.25) is 15.0 Å². The maximum atomic E-state index is 13.0. The fraction of sp³-hybridized carbons (Fsp3) is 0.143. The molecule has 1 aliphatic rings. The van der Waals surface area contributed by atoms with Crippen LogP contribution < -0.4 is 15.0 Å². The Kier molecular flexibility index (Phi) is 5.09. The number of nitrogens with one attached hydrogen (secondary N) is 1. The second-order valence-corrected chi connectivity index (χ2v) is 9.43. The Morgan fingerprint density at radius 3 is 2.77 bits per heavy atom. The van der Waals surface area contributed by atoms with E-state index in [4.69, 9.17) is 16.3 Å². The molecule has 2 amide bonds. The van der Waals surface area contributed by atoms with E-state index in [1.54, 1.807) is 11.0 Å². The average molecular weight is 471 g/mol. The van der Waals surface area contributed by atoms with Crippen molar-refractivity contribution in [2.24, 2.45) is 0 Å². The molecular weight excluding hydrogens is 456 g/mol. The molecule has 0 saturated heterocycles. The van der Waals surface area contributed by atoms with Gasteiger partial charge in [-0.15, -0.1) is 11.3 Å². The van der Waals surface area contributed by atoms with Gasteiger partial charge in [0.25, 0.3) is 0 Å². The van der Waals surface area contributed by atoms with Crippen LogP contribution in [0, 0.1) is 0 Å². The molecule has 156 valence electrons. The topological polar surface area (TPSA) is 84.4 Å². The Labute approximate surface area is 190 Å². The van der Waals surface area contributed by atoms with Crippen molar-refractivity contribution in [3.8, 4) is 16.3 Å². The first kappa shape index (κ1) is 19.9. The second-order valence-electron chi connectivity index (χ2n) is 6.80. The average Bonchev–Trinajstić information content (AvgIpc) is 3.35. The summed E-state index contributed by atoms with van der Waals surface area (Å²) in [4.78, 5) is 35.2. The monoisotopic (exact) mass is 470 g/mol. The molecule has 7 nitrogen and oxygen atoms in total. The molecular formula is C21H15ClN4O3S2. The Balaban J connectivity index is 1.45. The molecule has 0 spiro atoms. The number of Topliss-reactive ketones (excluding diaryl/α,β-unsaturated/α-hetero) is 1. The number of fused-ring (bicyclic) bond motifs is 2. The number of para-hydroxylation sites is 1. The smallest absolute Gasteiger partial charge is 0.328 e. The van der Waals surface area contributed by atoms with E-state index in [-0.39, 0.29) is 17.5 Å². The molecule has 0 saturated carbocycles. The standard InChI is InChI=1S/C21H15ClN4O3S2/c1-11(27)17-18(22)31-19(24-17)12-6-7-15-14(10-12)26(8-9-29-15)21(28)25-20-23-13-4-2-3-5-16(13)30-20/h2-7,10H,8-9H2,1H3,(H,23,25,28). The zero-order valence-corrected chi connectivity index (χ0v) is 18.6. The number of rotatable bonds is 3. The van der Waals surface area contributed by atoms with Gasteiger partial charge in [0.15, 0.2) is 10.9 Å². The van der Waals surface area contributed by atoms with Crippen molar-refractivity contribution in [1.82, 2.24) is 9.97 Å². The molecule has 1 aliphatic heterocycles. The molecule has 4 aromatic rings. The lowest BCUT2D eigenvalue weighted by Crippen LogP contribution is -2.40. The SMILES string of the molecule is CC(=O)c1nc(-c2ccc3c(c2)N(C(=O)Nc2nc4ccccc4s2)CCO3)sc1Cl. The minimum Gasteiger partial charge on any atom is -0.490 e. The molecule has 3 heterocycles. The maximum absolute atomic E-state index is 13.0. The lowest BCUT2D eigenvalue weighted by atomic mass is 10.1. The fourth-order valence-corrected chi connectivity index (χ4v) is 5.38. The quantitative estimate of drug-likeness (QED) is 0.388. The number of benzene rings is 2. The predicted molar refractivity (Wildman–Crippen MR) is 124 cm³/mol. The van der Waals surface area contributed by atoms with Crippen molar-refractivity contribution in [3.63, 3.8) is 0 Å². The molecule has 2 aromatic heterocycles. The minimum absolute atomic E-state index is 0.189. The maximum Gasteiger partial charge on any atom is 0.328 e. The van der Waals surface area contributed by atoms with E-state index < -0.39 is 0 Å². The van der Waals surface area contributed by atoms with E-state index in [1.807, 2.05) is 36.4 Å². The van der Waals surface area contributed by atoms with Gasteiger partial charge >= 0.3 is 6.03 Å². The summed E-state index contributed by atoms with van der Waals surface area (Å²) in [6, 6.07) is 12.9. The van der Waals surface area contributed by atoms with Gasteiger partial charge in [0.05, 0.1) is 22.4 Å². The lowest BCUT2D eigenvalue weighted by molar-refractivity contribution is 0.101. The van der Waals surface area contributed by atoms with Crippen molar-refractivity contribution in [3.05, 3.63) is 52.5 Å². The van der Waals surface area contributed by atoms with Crippen LogP contribution in [-0.2, 0) is 0 Å². The third-order valence-electron chi connectivity index (χ3n) is 4.74. The number of amides is 2. The number of halogens is 1. The Morgan fingerprint density at radius 1 is 1.16 bits per heavy atom. The van der Waals surface area contributed by atoms with Crippen molar-refractivity contribution >= 4 is 67.1 Å². The van der Waals surface area contributed by atoms with E-state index in [0.717, 1.165) is 15.8 Å². The van der Waals surface area contributed by atoms with Gasteiger partial charge in [-0.05, 0) is 30.3 Å². The molecule has 0 radical (unpaired) electrons. The van der Waals surface area contributed by atoms with Crippen LogP contribution >= 0.6 is 34.3 Å². The van der Waals surface area contributed by atoms with Gasteiger partial charge in [0, 0.05) is 12.5 Å². The Morgan fingerprint density at radius 2 is 2.00 bits per heavy atom. The number of nitrogens with zero attached hydrogens (tertiary/aromatic N) is 3. The lowest BCUT2D eigenvalue weighted by Gasteiger charge is -2.29. The number of carbonyl (C=O) groups excluding carboxylic acids is 2. The summed E-state index contributed by atoms with van der Waals surface area (Å²) >= 11 is 8.81. The van der Waals surface area contributed by atoms with Crippen molar-refractivity contribution < 1.29 is 14.3 Å². The third kappa shape index (κ3) is 3.76. The van der Waals surface area contributed by atoms with Crippen LogP contribution in [0.1, 0.15) is 17.4 Å². The molecule has 0 aliphatic carbocycles. The Hall–Kier alpha value is -3.01. The molecule has 5 rings (SSSR count). The number of ketones is 1. The molecule has 2 aromatic carbocycles. The number of hydrogen-bond donors (Lipinski definition) is 1. The molecule has 0 atom stereocenters. The van der Waals surface area contributed by atoms with Gasteiger partial charge in [-0.1, -0.05) is 35.1 Å². The van der Waals surface area contributed by atoms with E-state index in [9.17, 15) is 9.59 Å². The van der Waals surface area contributed by atoms with Gasteiger partial charge in [0.1, 0.15) is 27.4 Å². The number of anilines is 2. The van der Waals surface area contributed by atoms with E-state index in [1.165, 1.54) is 29.6 Å². The van der Waals surface area contributed by atoms with Crippen LogP contribution in [0.25, 0.3) is 20.8 Å². The fourth-order valence-electron chi connectivity index (χ4n) is 3.29. The minimum atomic E-state index is -0.289. The van der Waals surface area contributed by atoms with Crippen molar-refractivity contribution in [2.75, 3.05) is 23.4 Å². The van der Waals surface area contributed by atoms with Crippen LogP contribution in [0.2, 0.25) is 4.34 Å². The highest BCUT2D eigenvalue weighted by molar-refractivity contribution is 7.22. The Bertz CT molecular complexity index is 1300. The first-order chi connectivity index (χ1) is 15.0. The summed E-state index contributed by atoms with van der Waals surface area (Å²) in [6.45, 7) is 2.21. The van der Waals surface area contributed by atoms with Crippen LogP contribution in [0.3, 0.4) is 0 Å². The second kappa shape index (κ2) is 7.92. The molecule has 10 heteroatoms. The zero-order valence-electron chi connectivity index (χ0n) is 16.2. The number of hydrogen-bond acceptors (Lipinski definition) is 7. The van der Waals surface area contributed by atoms with Gasteiger partial charge in [-0.2, -0.15) is 0 Å². The molecule has 0 bridgehead atoms. The summed E-state index contributed by atoms with van der Waals surface area (Å²) in [5, 5.41) is 4.03. The van der Waals surface area contributed by atoms with Gasteiger partial charge < -0.3 is 4.74 Å². The normalized spacial score (nSPS) is 13.0. The largest absolute Gasteiger partial charge is 0.490 e. The summed E-state index contributed by atoms with van der Waals surface area (Å²) in [5.74, 6) is 0.412. The van der Waals surface area contributed by atoms with Crippen LogP contribution in [-0.4, -0.2) is 34.9 Å². The van der Waals surface area contributed by atoms with Crippen LogP contribution in [0.15, 0.2) is 42.5 Å². The zero-order chi connectivity index (χ0) is 21.5. The number of thiazole rings is 2. The number of urea groups is 1. The number of carbonyl (C=O) groups is 2. The van der Waals surface area contributed by atoms with Crippen LogP contribution in [0.4, 0.5) is 15.6 Å². The molecule has 31 heavy (non-hydrogen) atoms. The van der Waals surface area contributed by atoms with E-state index in [2.05, 4.69) is 15.3 Å². The summed E-state index contributed by atoms with van der Waals surface area (Å²) in [5.41, 5.74) is 2.47. The number of ether oxygens (including phenoxy) is 1. The first-order valence-corrected chi connectivity index (χ1v) is 11.4. The third-order valence-corrected chi connectivity index (χ3v) is 7.00. The van der Waals surface area contributed by atoms with Crippen LogP contribution in [0.5, 0.6) is 5.75 Å². The van der Waals surface area contributed by atoms with Gasteiger partial charge in [-0.25, -0.2) is 14.8 Å². The predicted octanol–water partition coefficient (Wildman–Crippen LogP) is 5.71. The van der Waals surface area contributed by atoms with Gasteiger partial charge in [0.2, 0.25) is 0 Å². The highest BCUT2D eigenvalue weighted by Crippen LogP contribution is 2.39. The van der Waals surface area contributed by atoms with Crippen molar-refractivity contribution in [2.45, 2.75) is 6.92 Å². The van der Waals surface area contributed by atoms with E-state index >= 15 is 0 Å². The molecule has 1 N–H and O–H groups in total. The molecule has 0 unspecified atom stereocenters. The number of aromatic nitrogens is 2.